The molecule has 0 spiro atoms. The van der Waals surface area contributed by atoms with Crippen molar-refractivity contribution in [3.8, 4) is 11.1 Å². The molecule has 2 aromatic carbocycles. The number of carbonyl (C=O) groups is 1. The van der Waals surface area contributed by atoms with Crippen molar-refractivity contribution in [2.75, 3.05) is 166 Å². The average molecular weight is 990 g/mol. The molecule has 1 aliphatic rings. The number of benzene rings is 2. The molecule has 14 heteroatoms. The van der Waals surface area contributed by atoms with Crippen LogP contribution < -0.4 is 0 Å². The molecule has 1 aliphatic carbocycles. The summed E-state index contributed by atoms with van der Waals surface area (Å²) in [5.41, 5.74) is 4.80. The van der Waals surface area contributed by atoms with E-state index in [1.54, 1.807) is 7.05 Å². The van der Waals surface area contributed by atoms with Crippen LogP contribution >= 0.6 is 0 Å². The molecule has 0 heterocycles. The van der Waals surface area contributed by atoms with Crippen molar-refractivity contribution in [1.29, 1.82) is 0 Å². The van der Waals surface area contributed by atoms with Gasteiger partial charge in [0.15, 0.2) is 0 Å². The topological polar surface area (TPSA) is 131 Å². The van der Waals surface area contributed by atoms with E-state index in [0.717, 1.165) is 13.0 Å². The Morgan fingerprint density at radius 2 is 0.643 bits per heavy atom. The summed E-state index contributed by atoms with van der Waals surface area (Å²) in [7, 11) is 1.72. The molecule has 70 heavy (non-hydrogen) atoms. The highest BCUT2D eigenvalue weighted by atomic mass is 16.6. The molecule has 0 bridgehead atoms. The highest BCUT2D eigenvalue weighted by Gasteiger charge is 2.29. The van der Waals surface area contributed by atoms with Crippen LogP contribution in [0.25, 0.3) is 11.1 Å². The number of amides is 1. The maximum Gasteiger partial charge on any atom is 0.409 e. The Kier molecular flexibility index (Phi) is 40.5. The fraction of sp³-hybridized carbons (Fsp3) is 0.768. The SMILES string of the molecule is CCCCCCCCCCCCCCCCCCOCCOCCOCCOCCOCCOCCOCCOCCOCCOCCOCCN(C)C(=O)OCC1c2ccccc2-c2ccccc21. The number of fused-ring (bicyclic) bond motifs is 3. The van der Waals surface area contributed by atoms with E-state index < -0.39 is 0 Å². The summed E-state index contributed by atoms with van der Waals surface area (Å²) >= 11 is 0. The van der Waals surface area contributed by atoms with Gasteiger partial charge in [0.25, 0.3) is 0 Å². The van der Waals surface area contributed by atoms with E-state index in [9.17, 15) is 4.79 Å². The number of ether oxygens (including phenoxy) is 12. The summed E-state index contributed by atoms with van der Waals surface area (Å²) in [6.07, 6.45) is 21.8. The van der Waals surface area contributed by atoms with E-state index in [0.29, 0.717) is 152 Å². The third-order valence-corrected chi connectivity index (χ3v) is 12.1. The van der Waals surface area contributed by atoms with Crippen LogP contribution in [-0.2, 0) is 56.8 Å². The second-order valence-corrected chi connectivity index (χ2v) is 17.8. The molecule has 0 saturated carbocycles. The zero-order chi connectivity index (χ0) is 49.5. The van der Waals surface area contributed by atoms with Crippen LogP contribution in [-0.4, -0.2) is 177 Å². The quantitative estimate of drug-likeness (QED) is 0.0584. The molecule has 14 nitrogen and oxygen atoms in total. The van der Waals surface area contributed by atoms with Crippen LogP contribution in [0.1, 0.15) is 127 Å². The third kappa shape index (κ3) is 32.4. The monoisotopic (exact) mass is 990 g/mol. The van der Waals surface area contributed by atoms with Crippen molar-refractivity contribution in [1.82, 2.24) is 4.90 Å². The molecule has 0 aromatic heterocycles. The van der Waals surface area contributed by atoms with Crippen LogP contribution in [0.4, 0.5) is 4.79 Å². The predicted octanol–water partition coefficient (Wildman–Crippen LogP) is 10.3. The first-order valence-corrected chi connectivity index (χ1v) is 27.1. The molecular weight excluding hydrogens is 895 g/mol. The molecule has 402 valence electrons. The van der Waals surface area contributed by atoms with Crippen molar-refractivity contribution in [2.24, 2.45) is 0 Å². The van der Waals surface area contributed by atoms with Gasteiger partial charge < -0.3 is 61.7 Å². The molecule has 3 rings (SSSR count). The van der Waals surface area contributed by atoms with Crippen LogP contribution in [0.5, 0.6) is 0 Å². The minimum absolute atomic E-state index is 0.0379. The molecule has 2 aromatic rings. The number of carbonyl (C=O) groups excluding carboxylic acids is 1. The smallest absolute Gasteiger partial charge is 0.409 e. The van der Waals surface area contributed by atoms with Gasteiger partial charge in [-0.3, -0.25) is 0 Å². The summed E-state index contributed by atoms with van der Waals surface area (Å²) in [5.74, 6) is 0.0379. The van der Waals surface area contributed by atoms with Gasteiger partial charge in [-0.2, -0.15) is 0 Å². The molecule has 0 N–H and O–H groups in total. The predicted molar refractivity (Wildman–Crippen MR) is 276 cm³/mol. The fourth-order valence-corrected chi connectivity index (χ4v) is 8.05. The second kappa shape index (κ2) is 46.1. The normalized spacial score (nSPS) is 12.2. The Morgan fingerprint density at radius 1 is 0.371 bits per heavy atom. The van der Waals surface area contributed by atoms with Gasteiger partial charge in [-0.05, 0) is 28.7 Å². The lowest BCUT2D eigenvalue weighted by molar-refractivity contribution is -0.0276. The Labute approximate surface area is 423 Å². The number of hydrogen-bond acceptors (Lipinski definition) is 13. The van der Waals surface area contributed by atoms with E-state index >= 15 is 0 Å². The molecule has 0 radical (unpaired) electrons. The third-order valence-electron chi connectivity index (χ3n) is 12.1. The van der Waals surface area contributed by atoms with Crippen molar-refractivity contribution in [3.63, 3.8) is 0 Å². The van der Waals surface area contributed by atoms with E-state index in [-0.39, 0.29) is 12.0 Å². The molecule has 0 fully saturated rings. The number of nitrogens with zero attached hydrogens (tertiary/aromatic N) is 1. The van der Waals surface area contributed by atoms with Gasteiger partial charge in [0, 0.05) is 26.1 Å². The summed E-state index contributed by atoms with van der Waals surface area (Å²) in [5, 5.41) is 0. The second-order valence-electron chi connectivity index (χ2n) is 17.8. The maximum absolute atomic E-state index is 12.6. The Morgan fingerprint density at radius 3 is 0.971 bits per heavy atom. The summed E-state index contributed by atoms with van der Waals surface area (Å²) in [6.45, 7) is 14.5. The minimum atomic E-state index is -0.362. The number of likely N-dealkylation sites (N-methyl/N-ethyl adjacent to an activating group) is 1. The largest absolute Gasteiger partial charge is 0.448 e. The zero-order valence-corrected chi connectivity index (χ0v) is 43.7. The summed E-state index contributed by atoms with van der Waals surface area (Å²) < 4.78 is 67.1. The highest BCUT2D eigenvalue weighted by Crippen LogP contribution is 2.44. The lowest BCUT2D eigenvalue weighted by atomic mass is 9.98. The summed E-state index contributed by atoms with van der Waals surface area (Å²) in [6, 6.07) is 16.6. The van der Waals surface area contributed by atoms with E-state index in [2.05, 4.69) is 31.2 Å². The van der Waals surface area contributed by atoms with Crippen molar-refractivity contribution in [2.45, 2.75) is 116 Å². The fourth-order valence-electron chi connectivity index (χ4n) is 8.05. The van der Waals surface area contributed by atoms with Crippen molar-refractivity contribution >= 4 is 6.09 Å². The first kappa shape index (κ1) is 61.6. The Hall–Kier alpha value is -2.73. The van der Waals surface area contributed by atoms with E-state index in [4.69, 9.17) is 56.8 Å². The number of hydrogen-bond donors (Lipinski definition) is 0. The molecule has 0 atom stereocenters. The summed E-state index contributed by atoms with van der Waals surface area (Å²) in [4.78, 5) is 14.2. The standard InChI is InChI=1S/C56H95NO13/c1-3-4-5-6-7-8-9-10-11-12-13-14-15-16-17-22-28-59-30-32-61-34-36-63-38-40-65-42-44-67-46-48-69-49-47-68-45-43-66-41-39-64-37-35-62-33-31-60-29-27-57(2)56(58)70-50-55-53-25-20-18-23-51(53)52-24-19-21-26-54(52)55/h18-21,23-26,55H,3-17,22,27-50H2,1-2H3. The van der Waals surface area contributed by atoms with E-state index in [1.165, 1.54) is 123 Å². The Balaban J connectivity index is 0.902. The van der Waals surface area contributed by atoms with Crippen molar-refractivity contribution in [3.05, 3.63) is 59.7 Å². The van der Waals surface area contributed by atoms with Gasteiger partial charge >= 0.3 is 6.09 Å². The number of rotatable bonds is 52. The molecule has 0 aliphatic heterocycles. The lowest BCUT2D eigenvalue weighted by Crippen LogP contribution is -2.32. The average Bonchev–Trinajstić information content (AvgIpc) is 3.70. The lowest BCUT2D eigenvalue weighted by Gasteiger charge is -2.19. The molecule has 0 unspecified atom stereocenters. The van der Waals surface area contributed by atoms with Gasteiger partial charge in [0.2, 0.25) is 0 Å². The Bertz CT molecular complexity index is 1420. The first-order valence-electron chi connectivity index (χ1n) is 27.1. The molecule has 0 saturated heterocycles. The zero-order valence-electron chi connectivity index (χ0n) is 43.7. The van der Waals surface area contributed by atoms with Gasteiger partial charge in [0.1, 0.15) is 6.61 Å². The van der Waals surface area contributed by atoms with Gasteiger partial charge in [-0.15, -0.1) is 0 Å². The highest BCUT2D eigenvalue weighted by molar-refractivity contribution is 5.79. The molecule has 1 amide bonds. The van der Waals surface area contributed by atoms with Crippen molar-refractivity contribution < 1.29 is 61.6 Å². The van der Waals surface area contributed by atoms with Crippen LogP contribution in [0.2, 0.25) is 0 Å². The maximum atomic E-state index is 12.6. The van der Waals surface area contributed by atoms with Gasteiger partial charge in [-0.25, -0.2) is 4.79 Å². The van der Waals surface area contributed by atoms with Crippen LogP contribution in [0.3, 0.4) is 0 Å². The van der Waals surface area contributed by atoms with Crippen LogP contribution in [0.15, 0.2) is 48.5 Å². The van der Waals surface area contributed by atoms with Crippen LogP contribution in [0, 0.1) is 0 Å². The minimum Gasteiger partial charge on any atom is -0.448 e. The van der Waals surface area contributed by atoms with Gasteiger partial charge in [0.05, 0.1) is 139 Å². The molecular formula is C56H95NO13. The van der Waals surface area contributed by atoms with E-state index in [1.807, 2.05) is 24.3 Å². The number of unbranched alkanes of at least 4 members (excludes halogenated alkanes) is 15. The first-order chi connectivity index (χ1) is 34.7. The van der Waals surface area contributed by atoms with Gasteiger partial charge in [-0.1, -0.05) is 152 Å².